The summed E-state index contributed by atoms with van der Waals surface area (Å²) < 4.78 is 39.2. The summed E-state index contributed by atoms with van der Waals surface area (Å²) in [6.07, 6.45) is 1.91. The molecule has 1 unspecified atom stereocenters. The lowest BCUT2D eigenvalue weighted by atomic mass is 10.0. The van der Waals surface area contributed by atoms with Crippen molar-refractivity contribution >= 4 is 15.7 Å². The second-order valence-corrected chi connectivity index (χ2v) is 6.37. The fourth-order valence-electron chi connectivity index (χ4n) is 2.15. The number of nitrogens with one attached hydrogen (secondary N) is 2. The molecule has 0 aliphatic carbocycles. The van der Waals surface area contributed by atoms with E-state index < -0.39 is 15.8 Å². The van der Waals surface area contributed by atoms with E-state index in [9.17, 15) is 12.8 Å². The third-order valence-electron chi connectivity index (χ3n) is 2.95. The molecule has 0 amide bonds. The molecule has 1 fully saturated rings. The molecular weight excluding hydrogens is 255 g/mol. The number of hydrogen-bond donors (Lipinski definition) is 2. The van der Waals surface area contributed by atoms with E-state index in [1.165, 1.54) is 18.2 Å². The summed E-state index contributed by atoms with van der Waals surface area (Å²) in [4.78, 5) is 0. The number of benzene rings is 1. The summed E-state index contributed by atoms with van der Waals surface area (Å²) in [5.74, 6) is -0.240. The van der Waals surface area contributed by atoms with Crippen molar-refractivity contribution < 1.29 is 12.8 Å². The maximum atomic E-state index is 13.0. The van der Waals surface area contributed by atoms with Crippen molar-refractivity contribution in [3.8, 4) is 0 Å². The second kappa shape index (κ2) is 5.67. The van der Waals surface area contributed by atoms with Crippen molar-refractivity contribution in [2.75, 3.05) is 23.6 Å². The number of rotatable bonds is 4. The van der Waals surface area contributed by atoms with Gasteiger partial charge < -0.3 is 5.32 Å². The third-order valence-corrected chi connectivity index (χ3v) is 4.41. The van der Waals surface area contributed by atoms with Crippen LogP contribution in [0.3, 0.4) is 0 Å². The molecule has 2 rings (SSSR count). The smallest absolute Gasteiger partial charge is 0.233 e. The zero-order chi connectivity index (χ0) is 13.0. The molecule has 0 radical (unpaired) electrons. The van der Waals surface area contributed by atoms with E-state index in [2.05, 4.69) is 10.0 Å². The Labute approximate surface area is 107 Å². The molecule has 100 valence electrons. The van der Waals surface area contributed by atoms with Gasteiger partial charge in [-0.1, -0.05) is 6.07 Å². The van der Waals surface area contributed by atoms with E-state index >= 15 is 0 Å². The van der Waals surface area contributed by atoms with Crippen molar-refractivity contribution in [3.05, 3.63) is 30.1 Å². The largest absolute Gasteiger partial charge is 0.316 e. The average molecular weight is 272 g/mol. The van der Waals surface area contributed by atoms with Crippen LogP contribution in [0.5, 0.6) is 0 Å². The molecule has 0 spiro atoms. The van der Waals surface area contributed by atoms with Crippen LogP contribution in [0.1, 0.15) is 12.8 Å². The summed E-state index contributed by atoms with van der Waals surface area (Å²) in [6, 6.07) is 5.48. The molecule has 18 heavy (non-hydrogen) atoms. The monoisotopic (exact) mass is 272 g/mol. The Morgan fingerprint density at radius 1 is 1.44 bits per heavy atom. The molecule has 2 N–H and O–H groups in total. The lowest BCUT2D eigenvalue weighted by Gasteiger charge is -2.22. The molecule has 1 aromatic rings. The molecule has 1 aliphatic rings. The van der Waals surface area contributed by atoms with Gasteiger partial charge in [-0.25, -0.2) is 12.8 Å². The minimum absolute atomic E-state index is 0.0799. The number of halogens is 1. The van der Waals surface area contributed by atoms with E-state index in [1.54, 1.807) is 6.07 Å². The van der Waals surface area contributed by atoms with Gasteiger partial charge in [0.15, 0.2) is 0 Å². The zero-order valence-electron chi connectivity index (χ0n) is 10.0. The van der Waals surface area contributed by atoms with E-state index in [1.807, 2.05) is 0 Å². The first kappa shape index (κ1) is 13.3. The van der Waals surface area contributed by atoms with E-state index in [0.717, 1.165) is 25.9 Å². The number of piperidine rings is 1. The Morgan fingerprint density at radius 3 is 2.94 bits per heavy atom. The summed E-state index contributed by atoms with van der Waals surface area (Å²) in [5, 5.41) is 3.18. The highest BCUT2D eigenvalue weighted by Gasteiger charge is 2.21. The van der Waals surface area contributed by atoms with Gasteiger partial charge in [0.2, 0.25) is 10.0 Å². The molecule has 0 bridgehead atoms. The van der Waals surface area contributed by atoms with Crippen molar-refractivity contribution in [2.45, 2.75) is 12.8 Å². The fourth-order valence-corrected chi connectivity index (χ4v) is 3.62. The fraction of sp³-hybridized carbons (Fsp3) is 0.500. The average Bonchev–Trinajstić information content (AvgIpc) is 2.28. The van der Waals surface area contributed by atoms with Crippen LogP contribution < -0.4 is 10.0 Å². The van der Waals surface area contributed by atoms with Gasteiger partial charge >= 0.3 is 0 Å². The second-order valence-electron chi connectivity index (χ2n) is 4.61. The van der Waals surface area contributed by atoms with Crippen LogP contribution in [-0.4, -0.2) is 27.3 Å². The zero-order valence-corrected chi connectivity index (χ0v) is 10.8. The topological polar surface area (TPSA) is 58.2 Å². The Hall–Kier alpha value is -1.14. The van der Waals surface area contributed by atoms with Crippen LogP contribution in [0.4, 0.5) is 10.1 Å². The van der Waals surface area contributed by atoms with Gasteiger partial charge in [0.25, 0.3) is 0 Å². The predicted octanol–water partition coefficient (Wildman–Crippen LogP) is 1.57. The number of anilines is 1. The lowest BCUT2D eigenvalue weighted by molar-refractivity contribution is 0.404. The van der Waals surface area contributed by atoms with Gasteiger partial charge in [-0.15, -0.1) is 0 Å². The molecule has 1 saturated heterocycles. The Morgan fingerprint density at radius 2 is 2.28 bits per heavy atom. The maximum absolute atomic E-state index is 13.0. The molecule has 4 nitrogen and oxygen atoms in total. The van der Waals surface area contributed by atoms with Gasteiger partial charge in [0.05, 0.1) is 11.4 Å². The van der Waals surface area contributed by atoms with Crippen LogP contribution in [0.15, 0.2) is 24.3 Å². The SMILES string of the molecule is O=S(=O)(CC1CCCNC1)Nc1cccc(F)c1. The standard InChI is InChI=1S/C12H17FN2O2S/c13-11-4-1-5-12(7-11)15-18(16,17)9-10-3-2-6-14-8-10/h1,4-5,7,10,14-15H,2-3,6,8-9H2. The first-order valence-corrected chi connectivity index (χ1v) is 7.67. The van der Waals surface area contributed by atoms with Crippen molar-refractivity contribution in [3.63, 3.8) is 0 Å². The van der Waals surface area contributed by atoms with Gasteiger partial charge in [0, 0.05) is 0 Å². The minimum atomic E-state index is -3.41. The summed E-state index contributed by atoms with van der Waals surface area (Å²) in [7, 11) is -3.41. The minimum Gasteiger partial charge on any atom is -0.316 e. The lowest BCUT2D eigenvalue weighted by Crippen LogP contribution is -2.35. The van der Waals surface area contributed by atoms with Crippen LogP contribution >= 0.6 is 0 Å². The Balaban J connectivity index is 1.98. The molecular formula is C12H17FN2O2S. The maximum Gasteiger partial charge on any atom is 0.233 e. The molecule has 1 heterocycles. The quantitative estimate of drug-likeness (QED) is 0.874. The molecule has 0 aromatic heterocycles. The van der Waals surface area contributed by atoms with E-state index in [4.69, 9.17) is 0 Å². The molecule has 0 saturated carbocycles. The van der Waals surface area contributed by atoms with Crippen LogP contribution in [0, 0.1) is 11.7 Å². The van der Waals surface area contributed by atoms with E-state index in [0.29, 0.717) is 0 Å². The van der Waals surface area contributed by atoms with Crippen LogP contribution in [-0.2, 0) is 10.0 Å². The first-order valence-electron chi connectivity index (χ1n) is 6.02. The van der Waals surface area contributed by atoms with Crippen molar-refractivity contribution in [1.29, 1.82) is 0 Å². The van der Waals surface area contributed by atoms with Crippen LogP contribution in [0.2, 0.25) is 0 Å². The number of hydrogen-bond acceptors (Lipinski definition) is 3. The van der Waals surface area contributed by atoms with Crippen LogP contribution in [0.25, 0.3) is 0 Å². The van der Waals surface area contributed by atoms with Gasteiger partial charge in [-0.2, -0.15) is 0 Å². The third kappa shape index (κ3) is 3.96. The summed E-state index contributed by atoms with van der Waals surface area (Å²) >= 11 is 0. The summed E-state index contributed by atoms with van der Waals surface area (Å²) in [5.41, 5.74) is 0.277. The van der Waals surface area contributed by atoms with Gasteiger partial charge in [-0.05, 0) is 50.0 Å². The molecule has 1 aromatic carbocycles. The predicted molar refractivity (Wildman–Crippen MR) is 69.4 cm³/mol. The highest BCUT2D eigenvalue weighted by atomic mass is 32.2. The van der Waals surface area contributed by atoms with Gasteiger partial charge in [-0.3, -0.25) is 4.72 Å². The van der Waals surface area contributed by atoms with Crippen molar-refractivity contribution in [1.82, 2.24) is 5.32 Å². The molecule has 1 atom stereocenters. The van der Waals surface area contributed by atoms with Crippen molar-refractivity contribution in [2.24, 2.45) is 5.92 Å². The molecule has 6 heteroatoms. The molecule has 1 aliphatic heterocycles. The first-order chi connectivity index (χ1) is 8.55. The summed E-state index contributed by atoms with van der Waals surface area (Å²) in [6.45, 7) is 1.68. The highest BCUT2D eigenvalue weighted by Crippen LogP contribution is 2.16. The number of sulfonamides is 1. The highest BCUT2D eigenvalue weighted by molar-refractivity contribution is 7.92. The van der Waals surface area contributed by atoms with Gasteiger partial charge in [0.1, 0.15) is 5.82 Å². The Bertz CT molecular complexity index is 499. The van der Waals surface area contributed by atoms with E-state index in [-0.39, 0.29) is 17.4 Å². The Kier molecular flexibility index (Phi) is 4.19. The normalized spacial score (nSPS) is 20.6.